The van der Waals surface area contributed by atoms with Crippen molar-refractivity contribution in [2.45, 2.75) is 83.6 Å². The topological polar surface area (TPSA) is 26.0 Å². The molecule has 0 bridgehead atoms. The van der Waals surface area contributed by atoms with Gasteiger partial charge in [-0.25, -0.2) is 0 Å². The summed E-state index contributed by atoms with van der Waals surface area (Å²) in [5.74, 6) is 0.687. The molecule has 0 aromatic rings. The van der Waals surface area contributed by atoms with Crippen LogP contribution >= 0.6 is 0 Å². The molecule has 0 spiro atoms. The van der Waals surface area contributed by atoms with Crippen LogP contribution in [0.2, 0.25) is 0 Å². The molecule has 1 atom stereocenters. The van der Waals surface area contributed by atoms with Crippen LogP contribution in [0, 0.1) is 12.3 Å². The van der Waals surface area contributed by atoms with Crippen LogP contribution in [0.15, 0.2) is 0 Å². The number of nitrogens with two attached hydrogens (primary N) is 1. The minimum Gasteiger partial charge on any atom is -0.325 e. The minimum atomic E-state index is 0.000612. The van der Waals surface area contributed by atoms with Crippen LogP contribution in [-0.2, 0) is 0 Å². The average molecular weight is 224 g/mol. The molecule has 1 heteroatoms. The van der Waals surface area contributed by atoms with Gasteiger partial charge in [-0.1, -0.05) is 51.4 Å². The van der Waals surface area contributed by atoms with Gasteiger partial charge in [-0.05, 0) is 39.0 Å². The van der Waals surface area contributed by atoms with Gasteiger partial charge in [0.1, 0.15) is 0 Å². The summed E-state index contributed by atoms with van der Waals surface area (Å²) in [6, 6.07) is 0. The Hall–Kier alpha value is -0.0400. The molecular weight excluding hydrogens is 194 g/mol. The first-order valence-electron chi connectivity index (χ1n) is 7.21. The molecule has 1 fully saturated rings. The van der Waals surface area contributed by atoms with Gasteiger partial charge < -0.3 is 5.73 Å². The zero-order valence-electron chi connectivity index (χ0n) is 11.3. The van der Waals surface area contributed by atoms with Crippen molar-refractivity contribution >= 4 is 0 Å². The highest BCUT2D eigenvalue weighted by atomic mass is 14.7. The summed E-state index contributed by atoms with van der Waals surface area (Å²) in [5, 5.41) is 0. The monoisotopic (exact) mass is 224 g/mol. The maximum atomic E-state index is 6.27. The van der Waals surface area contributed by atoms with Gasteiger partial charge in [0, 0.05) is 5.54 Å². The van der Waals surface area contributed by atoms with Crippen molar-refractivity contribution in [3.8, 4) is 0 Å². The normalized spacial score (nSPS) is 23.4. The van der Waals surface area contributed by atoms with E-state index in [-0.39, 0.29) is 5.54 Å². The van der Waals surface area contributed by atoms with Crippen LogP contribution in [0.3, 0.4) is 0 Å². The SMILES string of the molecule is CC(C)(N)C1C[CH]CCCCCCCCC1. The van der Waals surface area contributed by atoms with Crippen molar-refractivity contribution in [2.75, 3.05) is 0 Å². The molecule has 1 aliphatic carbocycles. The molecule has 0 aliphatic heterocycles. The maximum absolute atomic E-state index is 6.27. The molecule has 0 amide bonds. The first kappa shape index (κ1) is 14.0. The average Bonchev–Trinajstić information content (AvgIpc) is 2.16. The fraction of sp³-hybridized carbons (Fsp3) is 0.933. The summed E-state index contributed by atoms with van der Waals surface area (Å²) in [7, 11) is 0. The lowest BCUT2D eigenvalue weighted by Gasteiger charge is -2.31. The Morgan fingerprint density at radius 3 is 2.12 bits per heavy atom. The summed E-state index contributed by atoms with van der Waals surface area (Å²) in [5.41, 5.74) is 6.27. The number of hydrogen-bond donors (Lipinski definition) is 1. The van der Waals surface area contributed by atoms with Gasteiger partial charge in [0.25, 0.3) is 0 Å². The van der Waals surface area contributed by atoms with Gasteiger partial charge in [-0.15, -0.1) is 0 Å². The van der Waals surface area contributed by atoms with Crippen molar-refractivity contribution in [1.29, 1.82) is 0 Å². The van der Waals surface area contributed by atoms with Crippen molar-refractivity contribution in [1.82, 2.24) is 0 Å². The Bertz CT molecular complexity index is 157. The van der Waals surface area contributed by atoms with E-state index in [2.05, 4.69) is 20.3 Å². The largest absolute Gasteiger partial charge is 0.325 e. The molecule has 1 rings (SSSR count). The van der Waals surface area contributed by atoms with E-state index in [4.69, 9.17) is 5.73 Å². The van der Waals surface area contributed by atoms with E-state index in [1.54, 1.807) is 0 Å². The number of rotatable bonds is 1. The quantitative estimate of drug-likeness (QED) is 0.699. The third-order valence-corrected chi connectivity index (χ3v) is 3.96. The second-order valence-corrected chi connectivity index (χ2v) is 6.09. The third-order valence-electron chi connectivity index (χ3n) is 3.96. The van der Waals surface area contributed by atoms with E-state index >= 15 is 0 Å². The standard InChI is InChI=1S/C15H30N/c1-15(2,16)14-12-10-8-6-4-3-5-7-9-11-13-14/h10,14H,3-9,11-13,16H2,1-2H3. The first-order valence-corrected chi connectivity index (χ1v) is 7.21. The molecule has 1 aliphatic rings. The van der Waals surface area contributed by atoms with E-state index in [0.717, 1.165) is 0 Å². The zero-order valence-corrected chi connectivity index (χ0v) is 11.3. The highest BCUT2D eigenvalue weighted by molar-refractivity contribution is 4.86. The smallest absolute Gasteiger partial charge is 0.0125 e. The first-order chi connectivity index (χ1) is 7.61. The molecule has 16 heavy (non-hydrogen) atoms. The Morgan fingerprint density at radius 2 is 1.50 bits per heavy atom. The predicted molar refractivity (Wildman–Crippen MR) is 72.2 cm³/mol. The van der Waals surface area contributed by atoms with Crippen LogP contribution in [0.4, 0.5) is 0 Å². The van der Waals surface area contributed by atoms with Gasteiger partial charge in [-0.3, -0.25) is 0 Å². The van der Waals surface area contributed by atoms with Gasteiger partial charge in [0.05, 0.1) is 0 Å². The Balaban J connectivity index is 2.36. The van der Waals surface area contributed by atoms with E-state index < -0.39 is 0 Å². The van der Waals surface area contributed by atoms with Crippen molar-refractivity contribution in [3.63, 3.8) is 0 Å². The Kier molecular flexibility index (Phi) is 6.41. The summed E-state index contributed by atoms with van der Waals surface area (Å²) < 4.78 is 0. The lowest BCUT2D eigenvalue weighted by molar-refractivity contribution is 0.284. The zero-order chi connectivity index (χ0) is 11.9. The molecule has 1 saturated carbocycles. The fourth-order valence-corrected chi connectivity index (χ4v) is 2.68. The highest BCUT2D eigenvalue weighted by Gasteiger charge is 2.24. The van der Waals surface area contributed by atoms with Crippen LogP contribution in [-0.4, -0.2) is 5.54 Å². The second-order valence-electron chi connectivity index (χ2n) is 6.09. The van der Waals surface area contributed by atoms with Crippen LogP contribution in [0.5, 0.6) is 0 Å². The molecule has 1 nitrogen and oxygen atoms in total. The molecule has 1 radical (unpaired) electrons. The maximum Gasteiger partial charge on any atom is 0.0125 e. The van der Waals surface area contributed by atoms with Crippen molar-refractivity contribution < 1.29 is 0 Å². The van der Waals surface area contributed by atoms with Crippen LogP contribution in [0.25, 0.3) is 0 Å². The van der Waals surface area contributed by atoms with E-state index in [0.29, 0.717) is 5.92 Å². The van der Waals surface area contributed by atoms with E-state index in [1.807, 2.05) is 0 Å². The summed E-state index contributed by atoms with van der Waals surface area (Å²) >= 11 is 0. The molecule has 1 unspecified atom stereocenters. The molecule has 0 aromatic heterocycles. The lowest BCUT2D eigenvalue weighted by atomic mass is 9.80. The van der Waals surface area contributed by atoms with Gasteiger partial charge in [-0.2, -0.15) is 0 Å². The lowest BCUT2D eigenvalue weighted by Crippen LogP contribution is -2.41. The van der Waals surface area contributed by atoms with Crippen LogP contribution < -0.4 is 5.73 Å². The molecule has 95 valence electrons. The third kappa shape index (κ3) is 5.89. The molecule has 0 aromatic carbocycles. The molecular formula is C15H30N. The predicted octanol–water partition coefficient (Wildman–Crippen LogP) is 4.46. The van der Waals surface area contributed by atoms with Crippen molar-refractivity contribution in [2.24, 2.45) is 11.7 Å². The summed E-state index contributed by atoms with van der Waals surface area (Å²) in [6.45, 7) is 4.38. The molecule has 0 heterocycles. The fourth-order valence-electron chi connectivity index (χ4n) is 2.68. The Morgan fingerprint density at radius 1 is 0.938 bits per heavy atom. The summed E-state index contributed by atoms with van der Waals surface area (Å²) in [4.78, 5) is 0. The van der Waals surface area contributed by atoms with E-state index in [9.17, 15) is 0 Å². The van der Waals surface area contributed by atoms with Gasteiger partial charge in [0.2, 0.25) is 0 Å². The van der Waals surface area contributed by atoms with Crippen LogP contribution in [0.1, 0.15) is 78.1 Å². The van der Waals surface area contributed by atoms with Crippen molar-refractivity contribution in [3.05, 3.63) is 6.42 Å². The summed E-state index contributed by atoms with van der Waals surface area (Å²) in [6.07, 6.45) is 16.2. The van der Waals surface area contributed by atoms with E-state index in [1.165, 1.54) is 64.2 Å². The minimum absolute atomic E-state index is 0.000612. The molecule has 2 N–H and O–H groups in total. The second kappa shape index (κ2) is 7.32. The number of hydrogen-bond acceptors (Lipinski definition) is 1. The highest BCUT2D eigenvalue weighted by Crippen LogP contribution is 2.27. The van der Waals surface area contributed by atoms with Gasteiger partial charge in [0.15, 0.2) is 0 Å². The Labute approximate surface area is 102 Å². The molecule has 0 saturated heterocycles. The van der Waals surface area contributed by atoms with Gasteiger partial charge >= 0.3 is 0 Å².